The van der Waals surface area contributed by atoms with Gasteiger partial charge >= 0.3 is 0 Å². The van der Waals surface area contributed by atoms with E-state index in [1.54, 1.807) is 0 Å². The summed E-state index contributed by atoms with van der Waals surface area (Å²) in [7, 11) is 0. The first-order valence-corrected chi connectivity index (χ1v) is 8.07. The Kier molecular flexibility index (Phi) is 4.71. The third kappa shape index (κ3) is 2.60. The fourth-order valence-electron chi connectivity index (χ4n) is 4.37. The first kappa shape index (κ1) is 14.3. The van der Waals surface area contributed by atoms with Gasteiger partial charge in [-0.1, -0.05) is 33.6 Å². The minimum Gasteiger partial charge on any atom is -0.329 e. The van der Waals surface area contributed by atoms with Crippen molar-refractivity contribution in [1.29, 1.82) is 0 Å². The Bertz CT molecular complexity index is 266. The molecule has 4 atom stereocenters. The summed E-state index contributed by atoms with van der Waals surface area (Å²) < 4.78 is 0. The van der Waals surface area contributed by atoms with Gasteiger partial charge in [-0.05, 0) is 50.0 Å². The third-order valence-corrected chi connectivity index (χ3v) is 5.79. The van der Waals surface area contributed by atoms with Gasteiger partial charge in [0.2, 0.25) is 0 Å². The van der Waals surface area contributed by atoms with Crippen molar-refractivity contribution in [3.63, 3.8) is 0 Å². The predicted octanol–water partition coefficient (Wildman–Crippen LogP) is 3.26. The zero-order chi connectivity index (χ0) is 13.2. The van der Waals surface area contributed by atoms with E-state index >= 15 is 0 Å². The Balaban J connectivity index is 2.14. The van der Waals surface area contributed by atoms with Crippen molar-refractivity contribution in [1.82, 2.24) is 4.90 Å². The normalized spacial score (nSPS) is 43.0. The first-order valence-electron chi connectivity index (χ1n) is 8.07. The summed E-state index contributed by atoms with van der Waals surface area (Å²) in [6.07, 6.45) is 8.22. The van der Waals surface area contributed by atoms with Crippen LogP contribution in [0.4, 0.5) is 0 Å². The second kappa shape index (κ2) is 5.92. The molecule has 2 fully saturated rings. The van der Waals surface area contributed by atoms with Crippen LogP contribution in [-0.2, 0) is 0 Å². The van der Waals surface area contributed by atoms with E-state index in [0.717, 1.165) is 24.3 Å². The number of likely N-dealkylation sites (tertiary alicyclic amines) is 1. The average molecular weight is 252 g/mol. The molecule has 0 spiro atoms. The molecule has 1 saturated heterocycles. The Labute approximate surface area is 113 Å². The minimum absolute atomic E-state index is 0.311. The van der Waals surface area contributed by atoms with Crippen LogP contribution in [0.1, 0.15) is 59.3 Å². The maximum absolute atomic E-state index is 6.27. The van der Waals surface area contributed by atoms with Gasteiger partial charge in [0.15, 0.2) is 0 Å². The molecule has 2 N–H and O–H groups in total. The molecule has 0 aromatic carbocycles. The molecule has 2 heteroatoms. The molecule has 106 valence electrons. The number of piperidine rings is 1. The van der Waals surface area contributed by atoms with Gasteiger partial charge in [-0.3, -0.25) is 4.90 Å². The highest BCUT2D eigenvalue weighted by molar-refractivity contribution is 5.01. The van der Waals surface area contributed by atoms with E-state index in [4.69, 9.17) is 5.73 Å². The molecule has 2 rings (SSSR count). The van der Waals surface area contributed by atoms with Crippen LogP contribution < -0.4 is 5.73 Å². The Morgan fingerprint density at radius 2 is 2.00 bits per heavy atom. The molecule has 1 aliphatic heterocycles. The summed E-state index contributed by atoms with van der Waals surface area (Å²) in [6, 6.07) is 0. The van der Waals surface area contributed by atoms with Gasteiger partial charge in [0, 0.05) is 18.6 Å². The van der Waals surface area contributed by atoms with Gasteiger partial charge < -0.3 is 5.73 Å². The molecule has 0 aromatic heterocycles. The van der Waals surface area contributed by atoms with E-state index in [9.17, 15) is 0 Å². The summed E-state index contributed by atoms with van der Waals surface area (Å²) >= 11 is 0. The van der Waals surface area contributed by atoms with E-state index in [-0.39, 0.29) is 0 Å². The standard InChI is InChI=1S/C16H32N2/c1-4-15-6-5-9-18(11-15)16(12-17)10-13(2)7-8-14(16)3/h13-15H,4-12,17H2,1-3H3. The van der Waals surface area contributed by atoms with Crippen molar-refractivity contribution in [3.05, 3.63) is 0 Å². The fourth-order valence-corrected chi connectivity index (χ4v) is 4.37. The zero-order valence-corrected chi connectivity index (χ0v) is 12.6. The van der Waals surface area contributed by atoms with Crippen molar-refractivity contribution in [3.8, 4) is 0 Å². The van der Waals surface area contributed by atoms with E-state index < -0.39 is 0 Å². The van der Waals surface area contributed by atoms with Gasteiger partial charge in [0.1, 0.15) is 0 Å². The van der Waals surface area contributed by atoms with Crippen LogP contribution in [0.25, 0.3) is 0 Å². The average Bonchev–Trinajstić information content (AvgIpc) is 2.41. The quantitative estimate of drug-likeness (QED) is 0.835. The van der Waals surface area contributed by atoms with Crippen molar-refractivity contribution >= 4 is 0 Å². The fraction of sp³-hybridized carbons (Fsp3) is 1.00. The molecular formula is C16H32N2. The highest BCUT2D eigenvalue weighted by atomic mass is 15.2. The van der Waals surface area contributed by atoms with E-state index in [0.29, 0.717) is 5.54 Å². The summed E-state index contributed by atoms with van der Waals surface area (Å²) in [5.41, 5.74) is 6.58. The van der Waals surface area contributed by atoms with Crippen LogP contribution in [0.2, 0.25) is 0 Å². The van der Waals surface area contributed by atoms with Crippen LogP contribution in [0.3, 0.4) is 0 Å². The number of hydrogen-bond acceptors (Lipinski definition) is 2. The van der Waals surface area contributed by atoms with E-state index in [1.165, 1.54) is 51.6 Å². The molecule has 1 saturated carbocycles. The lowest BCUT2D eigenvalue weighted by Crippen LogP contribution is -2.62. The smallest absolute Gasteiger partial charge is 0.0359 e. The highest BCUT2D eigenvalue weighted by Gasteiger charge is 2.45. The molecule has 0 bridgehead atoms. The lowest BCUT2D eigenvalue weighted by atomic mass is 9.68. The van der Waals surface area contributed by atoms with Crippen molar-refractivity contribution in [2.45, 2.75) is 64.8 Å². The van der Waals surface area contributed by atoms with E-state index in [1.807, 2.05) is 0 Å². The van der Waals surface area contributed by atoms with Crippen LogP contribution >= 0.6 is 0 Å². The maximum Gasteiger partial charge on any atom is 0.0359 e. The molecule has 18 heavy (non-hydrogen) atoms. The predicted molar refractivity (Wildman–Crippen MR) is 78.6 cm³/mol. The molecule has 2 aliphatic rings. The van der Waals surface area contributed by atoms with Gasteiger partial charge in [-0.2, -0.15) is 0 Å². The number of hydrogen-bond donors (Lipinski definition) is 1. The first-order chi connectivity index (χ1) is 8.62. The molecule has 2 nitrogen and oxygen atoms in total. The molecule has 4 unspecified atom stereocenters. The van der Waals surface area contributed by atoms with Crippen molar-refractivity contribution in [2.24, 2.45) is 23.5 Å². The van der Waals surface area contributed by atoms with Gasteiger partial charge in [0.05, 0.1) is 0 Å². The highest BCUT2D eigenvalue weighted by Crippen LogP contribution is 2.42. The largest absolute Gasteiger partial charge is 0.329 e. The molecule has 1 aliphatic carbocycles. The summed E-state index contributed by atoms with van der Waals surface area (Å²) in [4.78, 5) is 2.78. The minimum atomic E-state index is 0.311. The second-order valence-electron chi connectivity index (χ2n) is 6.96. The monoisotopic (exact) mass is 252 g/mol. The molecule has 0 amide bonds. The summed E-state index contributed by atoms with van der Waals surface area (Å²) in [6.45, 7) is 10.6. The van der Waals surface area contributed by atoms with Gasteiger partial charge in [-0.15, -0.1) is 0 Å². The number of nitrogens with zero attached hydrogens (tertiary/aromatic N) is 1. The number of rotatable bonds is 3. The second-order valence-corrected chi connectivity index (χ2v) is 6.96. The van der Waals surface area contributed by atoms with Crippen LogP contribution in [0.5, 0.6) is 0 Å². The van der Waals surface area contributed by atoms with E-state index in [2.05, 4.69) is 25.7 Å². The Morgan fingerprint density at radius 1 is 1.22 bits per heavy atom. The van der Waals surface area contributed by atoms with Gasteiger partial charge in [-0.25, -0.2) is 0 Å². The van der Waals surface area contributed by atoms with Crippen LogP contribution in [-0.4, -0.2) is 30.1 Å². The third-order valence-electron chi connectivity index (χ3n) is 5.79. The van der Waals surface area contributed by atoms with Gasteiger partial charge in [0.25, 0.3) is 0 Å². The van der Waals surface area contributed by atoms with Crippen molar-refractivity contribution < 1.29 is 0 Å². The van der Waals surface area contributed by atoms with Crippen LogP contribution in [0.15, 0.2) is 0 Å². The lowest BCUT2D eigenvalue weighted by molar-refractivity contribution is -0.0291. The molecule has 0 aromatic rings. The SMILES string of the molecule is CCC1CCCN(C2(CN)CC(C)CCC2C)C1. The topological polar surface area (TPSA) is 29.3 Å². The summed E-state index contributed by atoms with van der Waals surface area (Å²) in [5, 5.41) is 0. The summed E-state index contributed by atoms with van der Waals surface area (Å²) in [5.74, 6) is 2.53. The Hall–Kier alpha value is -0.0800. The van der Waals surface area contributed by atoms with Crippen molar-refractivity contribution in [2.75, 3.05) is 19.6 Å². The maximum atomic E-state index is 6.27. The molecular weight excluding hydrogens is 220 g/mol. The molecule has 0 radical (unpaired) electrons. The van der Waals surface area contributed by atoms with Crippen LogP contribution in [0, 0.1) is 17.8 Å². The number of nitrogens with two attached hydrogens (primary N) is 1. The molecule has 1 heterocycles. The lowest BCUT2D eigenvalue weighted by Gasteiger charge is -2.54. The zero-order valence-electron chi connectivity index (χ0n) is 12.6. The Morgan fingerprint density at radius 3 is 2.67 bits per heavy atom.